The van der Waals surface area contributed by atoms with E-state index < -0.39 is 6.57 Å². The van der Waals surface area contributed by atoms with Gasteiger partial charge in [-0.2, -0.15) is 0 Å². The van der Waals surface area contributed by atoms with Gasteiger partial charge in [0.25, 0.3) is 6.57 Å². The normalized spacial score (nSPS) is 15.8. The standard InChI is InChI=1S/C7H8O2PS/c8-10(9,11)6-7-4-2-1-3-5-7/h2-5H,6H2,(H2,8,9,11). The molecule has 0 fully saturated rings. The molecule has 1 N–H and O–H groups in total. The number of rotatable bonds is 2. The Kier molecular flexibility index (Phi) is 2.77. The monoisotopic (exact) mass is 187 g/mol. The maximum atomic E-state index is 10.8. The first-order valence-electron chi connectivity index (χ1n) is 3.07. The van der Waals surface area contributed by atoms with Crippen LogP contribution in [0.5, 0.6) is 0 Å². The van der Waals surface area contributed by atoms with E-state index in [9.17, 15) is 4.57 Å². The molecule has 0 aliphatic heterocycles. The fourth-order valence-electron chi connectivity index (χ4n) is 0.765. The third kappa shape index (κ3) is 3.61. The predicted octanol–water partition coefficient (Wildman–Crippen LogP) is 2.10. The Labute approximate surface area is 70.9 Å². The summed E-state index contributed by atoms with van der Waals surface area (Å²) in [6.07, 6.45) is 0.116. The maximum Gasteiger partial charge on any atom is 0.256 e. The average molecular weight is 187 g/mol. The molecule has 1 unspecified atom stereocenters. The quantitative estimate of drug-likeness (QED) is 0.549. The summed E-state index contributed by atoms with van der Waals surface area (Å²) in [6, 6.07) is 9.73. The summed E-state index contributed by atoms with van der Waals surface area (Å²) < 4.78 is 10.8. The summed E-state index contributed by atoms with van der Waals surface area (Å²) in [4.78, 5) is 8.88. The minimum Gasteiger partial charge on any atom is -0.337 e. The van der Waals surface area contributed by atoms with Crippen LogP contribution >= 0.6 is 18.8 Å². The van der Waals surface area contributed by atoms with Gasteiger partial charge in [-0.1, -0.05) is 36.5 Å². The van der Waals surface area contributed by atoms with Crippen LogP contribution in [0, 0.1) is 6.07 Å². The van der Waals surface area contributed by atoms with Gasteiger partial charge in [0.2, 0.25) is 0 Å². The molecule has 1 aromatic rings. The molecule has 0 aromatic heterocycles. The fraction of sp³-hybridized carbons (Fsp3) is 0.143. The molecule has 0 amide bonds. The van der Waals surface area contributed by atoms with Gasteiger partial charge in [-0.3, -0.25) is 4.57 Å². The Bertz CT molecular complexity index is 267. The van der Waals surface area contributed by atoms with E-state index in [2.05, 4.69) is 18.3 Å². The average Bonchev–Trinajstić information content (AvgIpc) is 1.85. The Morgan fingerprint density at radius 3 is 2.55 bits per heavy atom. The van der Waals surface area contributed by atoms with Crippen molar-refractivity contribution < 1.29 is 9.46 Å². The van der Waals surface area contributed by atoms with Crippen LogP contribution in [0.1, 0.15) is 5.56 Å². The summed E-state index contributed by atoms with van der Waals surface area (Å²) in [5.74, 6) is 0. The highest BCUT2D eigenvalue weighted by atomic mass is 32.7. The highest BCUT2D eigenvalue weighted by molar-refractivity contribution is 8.45. The van der Waals surface area contributed by atoms with Crippen molar-refractivity contribution in [3.8, 4) is 0 Å². The van der Waals surface area contributed by atoms with E-state index in [0.29, 0.717) is 0 Å². The third-order valence-corrected chi connectivity index (χ3v) is 2.38. The Morgan fingerprint density at radius 1 is 1.55 bits per heavy atom. The van der Waals surface area contributed by atoms with Gasteiger partial charge in [-0.05, 0) is 11.6 Å². The van der Waals surface area contributed by atoms with Crippen LogP contribution in [0.2, 0.25) is 0 Å². The molecule has 1 aromatic carbocycles. The van der Waals surface area contributed by atoms with Crippen LogP contribution in [-0.4, -0.2) is 4.89 Å². The molecule has 0 aliphatic rings. The second-order valence-corrected chi connectivity index (χ2v) is 5.75. The molecular formula is C7H8O2PS. The Hall–Kier alpha value is -0.240. The summed E-state index contributed by atoms with van der Waals surface area (Å²) in [5.41, 5.74) is 0.810. The highest BCUT2D eigenvalue weighted by Gasteiger charge is 2.10. The second kappa shape index (κ2) is 3.44. The summed E-state index contributed by atoms with van der Waals surface area (Å²) in [5, 5.41) is 0. The molecular weight excluding hydrogens is 179 g/mol. The molecule has 1 atom stereocenters. The van der Waals surface area contributed by atoms with Crippen molar-refractivity contribution in [2.24, 2.45) is 0 Å². The molecule has 0 saturated heterocycles. The van der Waals surface area contributed by atoms with Crippen LogP contribution in [0.3, 0.4) is 0 Å². The summed E-state index contributed by atoms with van der Waals surface area (Å²) in [6.45, 7) is -3.21. The number of hydrogen-bond acceptors (Lipinski definition) is 1. The molecule has 11 heavy (non-hydrogen) atoms. The van der Waals surface area contributed by atoms with Gasteiger partial charge in [0.15, 0.2) is 0 Å². The second-order valence-electron chi connectivity index (χ2n) is 2.23. The van der Waals surface area contributed by atoms with E-state index in [1.54, 1.807) is 24.3 Å². The van der Waals surface area contributed by atoms with Gasteiger partial charge in [0.1, 0.15) is 0 Å². The largest absolute Gasteiger partial charge is 0.337 e. The zero-order valence-corrected chi connectivity index (χ0v) is 7.56. The van der Waals surface area contributed by atoms with Gasteiger partial charge in [0.05, 0.1) is 6.16 Å². The van der Waals surface area contributed by atoms with E-state index in [1.807, 2.05) is 0 Å². The molecule has 1 radical (unpaired) electrons. The minimum atomic E-state index is -3.21. The lowest BCUT2D eigenvalue weighted by Gasteiger charge is -2.02. The first-order chi connectivity index (χ1) is 5.08. The fourth-order valence-corrected chi connectivity index (χ4v) is 1.94. The number of hydrogen-bond donors (Lipinski definition) is 2. The zero-order chi connectivity index (χ0) is 8.32. The van der Waals surface area contributed by atoms with Crippen molar-refractivity contribution in [3.05, 3.63) is 35.9 Å². The smallest absolute Gasteiger partial charge is 0.256 e. The Balaban J connectivity index is 2.74. The molecule has 4 heteroatoms. The topological polar surface area (TPSA) is 37.3 Å². The minimum absolute atomic E-state index is 0.116. The molecule has 59 valence electrons. The maximum absolute atomic E-state index is 10.8. The molecule has 1 rings (SSSR count). The highest BCUT2D eigenvalue weighted by Crippen LogP contribution is 2.48. The lowest BCUT2D eigenvalue weighted by Crippen LogP contribution is -1.80. The first kappa shape index (κ1) is 8.85. The molecule has 0 spiro atoms. The van der Waals surface area contributed by atoms with E-state index in [0.717, 1.165) is 5.56 Å². The summed E-state index contributed by atoms with van der Waals surface area (Å²) >= 11 is 3.57. The third-order valence-electron chi connectivity index (χ3n) is 1.18. The van der Waals surface area contributed by atoms with E-state index >= 15 is 0 Å². The first-order valence-corrected chi connectivity index (χ1v) is 6.07. The van der Waals surface area contributed by atoms with Crippen LogP contribution in [0.25, 0.3) is 0 Å². The van der Waals surface area contributed by atoms with E-state index in [-0.39, 0.29) is 6.16 Å². The molecule has 0 aliphatic carbocycles. The van der Waals surface area contributed by atoms with Crippen LogP contribution < -0.4 is 0 Å². The van der Waals surface area contributed by atoms with Crippen LogP contribution in [-0.2, 0) is 10.7 Å². The molecule has 0 heterocycles. The Morgan fingerprint density at radius 2 is 2.09 bits per heavy atom. The van der Waals surface area contributed by atoms with Crippen molar-refractivity contribution in [3.63, 3.8) is 0 Å². The van der Waals surface area contributed by atoms with E-state index in [4.69, 9.17) is 4.89 Å². The SMILES string of the molecule is O=P(O)(S)Cc1cc[c]cc1. The molecule has 0 saturated carbocycles. The van der Waals surface area contributed by atoms with Crippen molar-refractivity contribution in [1.82, 2.24) is 0 Å². The lowest BCUT2D eigenvalue weighted by molar-refractivity contribution is 0.496. The zero-order valence-electron chi connectivity index (χ0n) is 5.77. The van der Waals surface area contributed by atoms with Gasteiger partial charge in [-0.25, -0.2) is 0 Å². The van der Waals surface area contributed by atoms with Gasteiger partial charge >= 0.3 is 0 Å². The van der Waals surface area contributed by atoms with Crippen molar-refractivity contribution in [1.29, 1.82) is 0 Å². The van der Waals surface area contributed by atoms with Crippen LogP contribution in [0.15, 0.2) is 24.3 Å². The van der Waals surface area contributed by atoms with Crippen molar-refractivity contribution in [2.75, 3.05) is 0 Å². The van der Waals surface area contributed by atoms with E-state index in [1.165, 1.54) is 0 Å². The summed E-state index contributed by atoms with van der Waals surface area (Å²) in [7, 11) is 0. The number of benzene rings is 1. The van der Waals surface area contributed by atoms with Crippen molar-refractivity contribution >= 4 is 18.8 Å². The van der Waals surface area contributed by atoms with Gasteiger partial charge < -0.3 is 4.89 Å². The van der Waals surface area contributed by atoms with Crippen molar-refractivity contribution in [2.45, 2.75) is 6.16 Å². The van der Waals surface area contributed by atoms with Gasteiger partial charge in [-0.15, -0.1) is 0 Å². The predicted molar refractivity (Wildman–Crippen MR) is 47.8 cm³/mol. The van der Waals surface area contributed by atoms with Crippen LogP contribution in [0.4, 0.5) is 0 Å². The number of thiol groups is 1. The lowest BCUT2D eigenvalue weighted by atomic mass is 10.2. The molecule has 0 bridgehead atoms. The molecule has 2 nitrogen and oxygen atoms in total. The van der Waals surface area contributed by atoms with Gasteiger partial charge in [0, 0.05) is 0 Å².